The molecule has 116 valence electrons. The van der Waals surface area contributed by atoms with E-state index in [4.69, 9.17) is 4.42 Å². The molecule has 0 aliphatic rings. The minimum atomic E-state index is -4.61. The fraction of sp³-hybridized carbons (Fsp3) is 0.0714. The molecular formula is C14H7F3N4OS. The summed E-state index contributed by atoms with van der Waals surface area (Å²) in [6, 6.07) is 12.8. The van der Waals surface area contributed by atoms with Crippen LogP contribution in [0.25, 0.3) is 27.1 Å². The number of aromatic nitrogens is 4. The average Bonchev–Trinajstić information content (AvgIpc) is 3.21. The van der Waals surface area contributed by atoms with E-state index in [1.807, 2.05) is 30.3 Å². The van der Waals surface area contributed by atoms with Crippen molar-refractivity contribution in [3.8, 4) is 22.1 Å². The van der Waals surface area contributed by atoms with Gasteiger partial charge in [0.05, 0.1) is 0 Å². The van der Waals surface area contributed by atoms with Gasteiger partial charge < -0.3 is 4.42 Å². The third kappa shape index (κ3) is 2.38. The Kier molecular flexibility index (Phi) is 2.98. The highest BCUT2D eigenvalue weighted by Crippen LogP contribution is 2.33. The fourth-order valence-corrected chi connectivity index (χ4v) is 2.90. The SMILES string of the molecule is FC(F)(F)c1nnc2sc(-c3ccc(-c4ccccc4)o3)nn12. The summed E-state index contributed by atoms with van der Waals surface area (Å²) in [5.41, 5.74) is 0.873. The Morgan fingerprint density at radius 1 is 0.957 bits per heavy atom. The highest BCUT2D eigenvalue weighted by Gasteiger charge is 2.38. The molecule has 0 fully saturated rings. The molecule has 0 unspecified atom stereocenters. The predicted octanol–water partition coefficient (Wildman–Crippen LogP) is 4.13. The van der Waals surface area contributed by atoms with Gasteiger partial charge in [-0.1, -0.05) is 41.7 Å². The van der Waals surface area contributed by atoms with E-state index in [0.29, 0.717) is 21.0 Å². The van der Waals surface area contributed by atoms with E-state index in [9.17, 15) is 13.2 Å². The first-order valence-electron chi connectivity index (χ1n) is 6.47. The van der Waals surface area contributed by atoms with Crippen LogP contribution in [0.4, 0.5) is 13.2 Å². The van der Waals surface area contributed by atoms with Crippen molar-refractivity contribution in [2.75, 3.05) is 0 Å². The van der Waals surface area contributed by atoms with Crippen molar-refractivity contribution < 1.29 is 17.6 Å². The minimum Gasteiger partial charge on any atom is -0.454 e. The molecule has 0 N–H and O–H groups in total. The summed E-state index contributed by atoms with van der Waals surface area (Å²) < 4.78 is 44.8. The van der Waals surface area contributed by atoms with Gasteiger partial charge in [0.25, 0.3) is 5.82 Å². The number of furan rings is 1. The van der Waals surface area contributed by atoms with Crippen LogP contribution in [0.5, 0.6) is 0 Å². The van der Waals surface area contributed by atoms with Gasteiger partial charge in [-0.15, -0.1) is 15.3 Å². The number of hydrogen-bond acceptors (Lipinski definition) is 5. The Bertz CT molecular complexity index is 971. The number of benzene rings is 1. The van der Waals surface area contributed by atoms with Crippen LogP contribution in [0.2, 0.25) is 0 Å². The summed E-state index contributed by atoms with van der Waals surface area (Å²) in [5.74, 6) is -0.153. The first-order chi connectivity index (χ1) is 11.0. The molecule has 4 rings (SSSR count). The molecular weight excluding hydrogens is 329 g/mol. The molecule has 23 heavy (non-hydrogen) atoms. The molecule has 0 aliphatic carbocycles. The number of nitrogens with zero attached hydrogens (tertiary/aromatic N) is 4. The minimum absolute atomic E-state index is 0.0602. The van der Waals surface area contributed by atoms with Gasteiger partial charge in [-0.05, 0) is 12.1 Å². The summed E-state index contributed by atoms with van der Waals surface area (Å²) in [4.78, 5) is 0.0602. The molecule has 3 heterocycles. The number of rotatable bonds is 2. The van der Waals surface area contributed by atoms with Gasteiger partial charge in [-0.3, -0.25) is 0 Å². The Morgan fingerprint density at radius 2 is 1.70 bits per heavy atom. The Labute approximate surface area is 131 Å². The normalized spacial score (nSPS) is 12.1. The maximum atomic E-state index is 12.8. The van der Waals surface area contributed by atoms with Gasteiger partial charge >= 0.3 is 6.18 Å². The Hall–Kier alpha value is -2.68. The van der Waals surface area contributed by atoms with Crippen LogP contribution in [0.15, 0.2) is 46.9 Å². The van der Waals surface area contributed by atoms with E-state index in [2.05, 4.69) is 15.3 Å². The molecule has 4 aromatic rings. The third-order valence-corrected chi connectivity index (χ3v) is 4.03. The second-order valence-corrected chi connectivity index (χ2v) is 5.61. The third-order valence-electron chi connectivity index (χ3n) is 3.12. The van der Waals surface area contributed by atoms with Gasteiger partial charge in [0.1, 0.15) is 5.76 Å². The molecule has 0 radical (unpaired) electrons. The van der Waals surface area contributed by atoms with Crippen LogP contribution in [-0.4, -0.2) is 19.8 Å². The topological polar surface area (TPSA) is 56.2 Å². The second kappa shape index (κ2) is 4.92. The lowest BCUT2D eigenvalue weighted by molar-refractivity contribution is -0.146. The number of alkyl halides is 3. The van der Waals surface area contributed by atoms with Gasteiger partial charge in [-0.2, -0.15) is 17.7 Å². The van der Waals surface area contributed by atoms with E-state index >= 15 is 0 Å². The molecule has 0 amide bonds. The molecule has 0 spiro atoms. The first-order valence-corrected chi connectivity index (χ1v) is 7.29. The Balaban J connectivity index is 1.76. The number of hydrogen-bond donors (Lipinski definition) is 0. The number of fused-ring (bicyclic) bond motifs is 1. The van der Waals surface area contributed by atoms with Gasteiger partial charge in [0, 0.05) is 5.56 Å². The van der Waals surface area contributed by atoms with Crippen molar-refractivity contribution >= 4 is 16.3 Å². The van der Waals surface area contributed by atoms with Crippen LogP contribution < -0.4 is 0 Å². The maximum absolute atomic E-state index is 12.8. The summed E-state index contributed by atoms with van der Waals surface area (Å²) in [7, 11) is 0. The van der Waals surface area contributed by atoms with Crippen LogP contribution in [0, 0.1) is 0 Å². The van der Waals surface area contributed by atoms with Gasteiger partial charge in [-0.25, -0.2) is 0 Å². The van der Waals surface area contributed by atoms with E-state index in [1.165, 1.54) is 0 Å². The van der Waals surface area contributed by atoms with E-state index in [1.54, 1.807) is 12.1 Å². The van der Waals surface area contributed by atoms with Crippen molar-refractivity contribution in [2.24, 2.45) is 0 Å². The largest absolute Gasteiger partial charge is 0.454 e. The molecule has 1 aromatic carbocycles. The predicted molar refractivity (Wildman–Crippen MR) is 76.8 cm³/mol. The summed E-state index contributed by atoms with van der Waals surface area (Å²) in [6.45, 7) is 0. The van der Waals surface area contributed by atoms with Gasteiger partial charge in [0.2, 0.25) is 4.96 Å². The highest BCUT2D eigenvalue weighted by atomic mass is 32.1. The summed E-state index contributed by atoms with van der Waals surface area (Å²) in [5, 5.41) is 10.8. The lowest BCUT2D eigenvalue weighted by Crippen LogP contribution is -2.11. The fourth-order valence-electron chi connectivity index (χ4n) is 2.10. The zero-order chi connectivity index (χ0) is 16.0. The second-order valence-electron chi connectivity index (χ2n) is 4.65. The van der Waals surface area contributed by atoms with Crippen LogP contribution in [0.1, 0.15) is 5.82 Å². The molecule has 0 saturated carbocycles. The molecule has 5 nitrogen and oxygen atoms in total. The van der Waals surface area contributed by atoms with Crippen molar-refractivity contribution in [2.45, 2.75) is 6.18 Å². The van der Waals surface area contributed by atoms with Crippen LogP contribution in [-0.2, 0) is 6.18 Å². The first kappa shape index (κ1) is 13.9. The van der Waals surface area contributed by atoms with E-state index < -0.39 is 12.0 Å². The molecule has 9 heteroatoms. The molecule has 0 aliphatic heterocycles. The molecule has 3 aromatic heterocycles. The average molecular weight is 336 g/mol. The van der Waals surface area contributed by atoms with Crippen LogP contribution >= 0.6 is 11.3 Å². The van der Waals surface area contributed by atoms with E-state index in [-0.39, 0.29) is 4.96 Å². The summed E-state index contributed by atoms with van der Waals surface area (Å²) >= 11 is 0.980. The zero-order valence-corrected chi connectivity index (χ0v) is 12.1. The highest BCUT2D eigenvalue weighted by molar-refractivity contribution is 7.19. The zero-order valence-electron chi connectivity index (χ0n) is 11.3. The van der Waals surface area contributed by atoms with Crippen LogP contribution in [0.3, 0.4) is 0 Å². The van der Waals surface area contributed by atoms with Crippen molar-refractivity contribution in [1.29, 1.82) is 0 Å². The Morgan fingerprint density at radius 3 is 2.43 bits per heavy atom. The quantitative estimate of drug-likeness (QED) is 0.552. The summed E-state index contributed by atoms with van der Waals surface area (Å²) in [6.07, 6.45) is -4.61. The maximum Gasteiger partial charge on any atom is 0.453 e. The standard InChI is InChI=1S/C14H7F3N4OS/c15-14(16,17)12-18-19-13-21(12)20-11(23-13)10-7-6-9(22-10)8-4-2-1-3-5-8/h1-7H. The lowest BCUT2D eigenvalue weighted by Gasteiger charge is -1.99. The van der Waals surface area contributed by atoms with Crippen molar-refractivity contribution in [3.63, 3.8) is 0 Å². The lowest BCUT2D eigenvalue weighted by atomic mass is 10.2. The molecule has 0 atom stereocenters. The number of halogens is 3. The smallest absolute Gasteiger partial charge is 0.453 e. The molecule has 0 saturated heterocycles. The van der Waals surface area contributed by atoms with E-state index in [0.717, 1.165) is 16.9 Å². The monoisotopic (exact) mass is 336 g/mol. The van der Waals surface area contributed by atoms with Gasteiger partial charge in [0.15, 0.2) is 10.8 Å². The van der Waals surface area contributed by atoms with Crippen molar-refractivity contribution in [3.05, 3.63) is 48.3 Å². The van der Waals surface area contributed by atoms with Crippen molar-refractivity contribution in [1.82, 2.24) is 19.8 Å². The molecule has 0 bridgehead atoms.